The average molecular weight is 454 g/mol. The molecule has 2 aliphatic carbocycles. The zero-order valence-electron chi connectivity index (χ0n) is 17.3. The maximum Gasteiger partial charge on any atom is 0.231 e. The summed E-state index contributed by atoms with van der Waals surface area (Å²) in [6, 6.07) is 20.2. The van der Waals surface area contributed by atoms with Crippen molar-refractivity contribution >= 4 is 27.6 Å². The van der Waals surface area contributed by atoms with Crippen LogP contribution in [0.15, 0.2) is 60.7 Å². The highest BCUT2D eigenvalue weighted by atomic mass is 79.9. The lowest BCUT2D eigenvalue weighted by atomic mass is 9.64. The number of fused-ring (bicyclic) bond motifs is 2. The molecule has 2 bridgehead atoms. The molecule has 2 saturated carbocycles. The van der Waals surface area contributed by atoms with E-state index in [1.165, 1.54) is 0 Å². The predicted molar refractivity (Wildman–Crippen MR) is 118 cm³/mol. The summed E-state index contributed by atoms with van der Waals surface area (Å²) < 4.78 is 0. The highest BCUT2D eigenvalue weighted by molar-refractivity contribution is 9.10. The molecule has 3 atom stereocenters. The maximum absolute atomic E-state index is 14.2. The predicted octanol–water partition coefficient (Wildman–Crippen LogP) is 5.37. The largest absolute Gasteiger partial charge is 0.333 e. The second kappa shape index (κ2) is 7.09. The molecule has 3 nitrogen and oxygen atoms in total. The number of alkyl halides is 1. The zero-order chi connectivity index (χ0) is 20.9. The molecule has 2 aliphatic rings. The number of hydrogen-bond donors (Lipinski definition) is 0. The van der Waals surface area contributed by atoms with E-state index in [-0.39, 0.29) is 11.7 Å². The first-order valence-electron chi connectivity index (χ1n) is 10.3. The molecule has 29 heavy (non-hydrogen) atoms. The first kappa shape index (κ1) is 20.3. The van der Waals surface area contributed by atoms with Gasteiger partial charge in [-0.1, -0.05) is 97.4 Å². The summed E-state index contributed by atoms with van der Waals surface area (Å²) in [7, 11) is 0. The summed E-state index contributed by atoms with van der Waals surface area (Å²) in [4.78, 5) is 28.9. The van der Waals surface area contributed by atoms with Gasteiger partial charge in [-0.25, -0.2) is 0 Å². The molecule has 4 rings (SSSR count). The summed E-state index contributed by atoms with van der Waals surface area (Å²) >= 11 is 3.67. The van der Waals surface area contributed by atoms with Gasteiger partial charge in [0.25, 0.3) is 0 Å². The lowest BCUT2D eigenvalue weighted by molar-refractivity contribution is -0.148. The van der Waals surface area contributed by atoms with E-state index in [1.807, 2.05) is 48.2 Å². The van der Waals surface area contributed by atoms with Crippen LogP contribution >= 0.6 is 15.9 Å². The second-order valence-corrected chi connectivity index (χ2v) is 10.2. The molecule has 0 spiro atoms. The third-order valence-electron chi connectivity index (χ3n) is 7.82. The molecule has 0 radical (unpaired) electrons. The summed E-state index contributed by atoms with van der Waals surface area (Å²) in [6.45, 7) is 7.35. The lowest BCUT2D eigenvalue weighted by Gasteiger charge is -2.43. The molecule has 0 aromatic heterocycles. The van der Waals surface area contributed by atoms with Crippen molar-refractivity contribution in [2.75, 3.05) is 0 Å². The molecule has 0 saturated heterocycles. The van der Waals surface area contributed by atoms with E-state index in [2.05, 4.69) is 54.0 Å². The Bertz CT molecular complexity index is 885. The van der Waals surface area contributed by atoms with Crippen LogP contribution in [0.2, 0.25) is 0 Å². The monoisotopic (exact) mass is 453 g/mol. The Hall–Kier alpha value is -1.94. The third-order valence-corrected chi connectivity index (χ3v) is 9.02. The van der Waals surface area contributed by atoms with E-state index in [9.17, 15) is 9.59 Å². The number of carbonyl (C=O) groups excluding carboxylic acids is 2. The Labute approximate surface area is 181 Å². The van der Waals surface area contributed by atoms with Crippen LogP contribution < -0.4 is 0 Å². The van der Waals surface area contributed by atoms with Crippen molar-refractivity contribution in [3.8, 4) is 0 Å². The molecule has 0 heterocycles. The molecule has 4 heteroatoms. The molecule has 152 valence electrons. The fourth-order valence-corrected chi connectivity index (χ4v) is 7.02. The number of carbonyl (C=O) groups is 2. The Morgan fingerprint density at radius 3 is 1.83 bits per heavy atom. The van der Waals surface area contributed by atoms with Crippen LogP contribution in [0.3, 0.4) is 0 Å². The zero-order valence-corrected chi connectivity index (χ0v) is 18.9. The topological polar surface area (TPSA) is 37.4 Å². The molecule has 0 N–H and O–H groups in total. The van der Waals surface area contributed by atoms with E-state index < -0.39 is 21.1 Å². The van der Waals surface area contributed by atoms with E-state index in [4.69, 9.17) is 0 Å². The number of hydrogen-bond acceptors (Lipinski definition) is 2. The first-order valence-corrected chi connectivity index (χ1v) is 11.2. The summed E-state index contributed by atoms with van der Waals surface area (Å²) in [5, 5.41) is 0. The fourth-order valence-electron chi connectivity index (χ4n) is 5.51. The number of amides is 1. The van der Waals surface area contributed by atoms with Gasteiger partial charge in [0.2, 0.25) is 5.91 Å². The van der Waals surface area contributed by atoms with E-state index in [1.54, 1.807) is 0 Å². The molecule has 2 fully saturated rings. The van der Waals surface area contributed by atoms with Gasteiger partial charge in [-0.2, -0.15) is 0 Å². The highest BCUT2D eigenvalue weighted by Crippen LogP contribution is 2.72. The summed E-state index contributed by atoms with van der Waals surface area (Å²) in [5.74, 6) is 0.271. The molecule has 0 aliphatic heterocycles. The highest BCUT2D eigenvalue weighted by Gasteiger charge is 2.77. The fraction of sp³-hybridized carbons (Fsp3) is 0.440. The van der Waals surface area contributed by atoms with Crippen LogP contribution in [0.1, 0.15) is 44.7 Å². The van der Waals surface area contributed by atoms with Gasteiger partial charge in [0.1, 0.15) is 0 Å². The van der Waals surface area contributed by atoms with Crippen LogP contribution in [0.25, 0.3) is 0 Å². The van der Waals surface area contributed by atoms with E-state index in [0.29, 0.717) is 13.1 Å². The lowest BCUT2D eigenvalue weighted by Crippen LogP contribution is -2.52. The van der Waals surface area contributed by atoms with Crippen molar-refractivity contribution < 1.29 is 9.59 Å². The van der Waals surface area contributed by atoms with Gasteiger partial charge in [-0.15, -0.1) is 0 Å². The van der Waals surface area contributed by atoms with Crippen molar-refractivity contribution in [2.45, 2.75) is 51.5 Å². The Morgan fingerprint density at radius 2 is 1.41 bits per heavy atom. The third kappa shape index (κ3) is 2.83. The van der Waals surface area contributed by atoms with Crippen LogP contribution in [0, 0.1) is 16.2 Å². The minimum atomic E-state index is -0.706. The molecule has 1 amide bonds. The summed E-state index contributed by atoms with van der Waals surface area (Å²) in [6.07, 6.45) is 1.52. The minimum absolute atomic E-state index is 0.0895. The first-order chi connectivity index (χ1) is 13.7. The van der Waals surface area contributed by atoms with E-state index >= 15 is 0 Å². The van der Waals surface area contributed by atoms with Gasteiger partial charge >= 0.3 is 0 Å². The number of nitrogens with zero attached hydrogens (tertiary/aromatic N) is 1. The maximum atomic E-state index is 14.2. The van der Waals surface area contributed by atoms with Crippen molar-refractivity contribution in [1.29, 1.82) is 0 Å². The van der Waals surface area contributed by atoms with Gasteiger partial charge in [0.15, 0.2) is 5.78 Å². The van der Waals surface area contributed by atoms with Crippen LogP contribution in [0.5, 0.6) is 0 Å². The van der Waals surface area contributed by atoms with E-state index in [0.717, 1.165) is 24.0 Å². The van der Waals surface area contributed by atoms with Crippen LogP contribution in [-0.2, 0) is 22.7 Å². The number of benzene rings is 2. The summed E-state index contributed by atoms with van der Waals surface area (Å²) in [5.41, 5.74) is 0.641. The van der Waals surface area contributed by atoms with Crippen molar-refractivity contribution in [3.05, 3.63) is 71.8 Å². The SMILES string of the molecule is CC12CCC(C(=O)N(Cc3ccccc3)Cc3ccccc3)([C@H](Br)C1=O)C2(C)C. The van der Waals surface area contributed by atoms with Gasteiger partial charge in [-0.3, -0.25) is 9.59 Å². The molecule has 2 unspecified atom stereocenters. The van der Waals surface area contributed by atoms with Crippen molar-refractivity contribution in [1.82, 2.24) is 4.90 Å². The van der Waals surface area contributed by atoms with Gasteiger partial charge in [-0.05, 0) is 29.4 Å². The normalized spacial score (nSPS) is 29.8. The van der Waals surface area contributed by atoms with Crippen molar-refractivity contribution in [3.63, 3.8) is 0 Å². The number of halogens is 1. The van der Waals surface area contributed by atoms with Crippen molar-refractivity contribution in [2.24, 2.45) is 16.2 Å². The number of Topliss-reactive ketones (excluding diaryl/α,β-unsaturated/α-hetero) is 1. The Balaban J connectivity index is 1.74. The molecular formula is C25H28BrNO2. The van der Waals surface area contributed by atoms with Crippen LogP contribution in [-0.4, -0.2) is 21.4 Å². The van der Waals surface area contributed by atoms with Crippen LogP contribution in [0.4, 0.5) is 0 Å². The average Bonchev–Trinajstić information content (AvgIpc) is 3.00. The Morgan fingerprint density at radius 1 is 0.931 bits per heavy atom. The van der Waals surface area contributed by atoms with Gasteiger partial charge in [0, 0.05) is 18.5 Å². The standard InChI is InChI=1S/C25H28BrNO2/c1-23(2)24(3)14-15-25(23,20(26)21(24)28)22(29)27(16-18-10-6-4-7-11-18)17-19-12-8-5-9-13-19/h4-13,20H,14-17H2,1-3H3/t20-,24?,25?/m1/s1. The molecule has 2 aromatic rings. The number of ketones is 1. The second-order valence-electron chi connectivity index (χ2n) is 9.29. The smallest absolute Gasteiger partial charge is 0.231 e. The molecule has 2 aromatic carbocycles. The Kier molecular flexibility index (Phi) is 4.97. The minimum Gasteiger partial charge on any atom is -0.333 e. The van der Waals surface area contributed by atoms with Gasteiger partial charge < -0.3 is 4.90 Å². The number of rotatable bonds is 5. The quantitative estimate of drug-likeness (QED) is 0.570. The molecular weight excluding hydrogens is 426 g/mol. The van der Waals surface area contributed by atoms with Gasteiger partial charge in [0.05, 0.1) is 10.2 Å².